The summed E-state index contributed by atoms with van der Waals surface area (Å²) in [6.07, 6.45) is 0.783. The number of thioether (sulfide) groups is 1. The highest BCUT2D eigenvalue weighted by Crippen LogP contribution is 2.27. The van der Waals surface area contributed by atoms with Crippen LogP contribution in [0.4, 0.5) is 0 Å². The van der Waals surface area contributed by atoms with Gasteiger partial charge in [-0.25, -0.2) is 0 Å². The molecule has 4 nitrogen and oxygen atoms in total. The van der Waals surface area contributed by atoms with E-state index in [1.165, 1.54) is 21.5 Å². The van der Waals surface area contributed by atoms with Crippen molar-refractivity contribution in [1.82, 2.24) is 5.32 Å². The minimum absolute atomic E-state index is 0.00510. The first-order valence-electron chi connectivity index (χ1n) is 7.71. The van der Waals surface area contributed by atoms with Gasteiger partial charge in [-0.05, 0) is 45.0 Å². The molecule has 0 radical (unpaired) electrons. The van der Waals surface area contributed by atoms with Crippen LogP contribution in [0.25, 0.3) is 0 Å². The van der Waals surface area contributed by atoms with Gasteiger partial charge in [-0.3, -0.25) is 9.59 Å². The molecule has 0 aliphatic carbocycles. The van der Waals surface area contributed by atoms with Crippen LogP contribution < -0.4 is 5.32 Å². The van der Waals surface area contributed by atoms with Gasteiger partial charge in [0.05, 0.1) is 5.56 Å². The normalized spacial score (nSPS) is 13.3. The molecule has 24 heavy (non-hydrogen) atoms. The van der Waals surface area contributed by atoms with Gasteiger partial charge in [0.2, 0.25) is 0 Å². The molecule has 2 aromatic rings. The van der Waals surface area contributed by atoms with E-state index in [4.69, 9.17) is 5.11 Å². The number of hydrogen-bond donors (Lipinski definition) is 2. The first kappa shape index (κ1) is 18.5. The molecule has 0 aliphatic rings. The number of carbonyl (C=O) groups excluding carboxylic acids is 1. The summed E-state index contributed by atoms with van der Waals surface area (Å²) in [5.41, 5.74) is 0.518. The molecular formula is C18H21NO3S2. The third-order valence-corrected chi connectivity index (χ3v) is 5.65. The maximum atomic E-state index is 12.6. The molecular weight excluding hydrogens is 342 g/mol. The van der Waals surface area contributed by atoms with Crippen molar-refractivity contribution in [2.75, 3.05) is 0 Å². The maximum Gasteiger partial charge on any atom is 0.316 e. The van der Waals surface area contributed by atoms with Gasteiger partial charge in [0.25, 0.3) is 5.91 Å². The summed E-state index contributed by atoms with van der Waals surface area (Å²) in [7, 11) is 0. The number of thiophene rings is 1. The summed E-state index contributed by atoms with van der Waals surface area (Å²) in [5.74, 6) is -1.06. The molecule has 1 aromatic carbocycles. The molecule has 1 amide bonds. The highest BCUT2D eigenvalue weighted by Gasteiger charge is 2.19. The Bertz CT molecular complexity index is 727. The molecule has 0 aliphatic heterocycles. The topological polar surface area (TPSA) is 66.4 Å². The maximum absolute atomic E-state index is 12.6. The van der Waals surface area contributed by atoms with Gasteiger partial charge in [-0.15, -0.1) is 23.1 Å². The Labute approximate surface area is 150 Å². The number of nitrogens with one attached hydrogen (secondary N) is 1. The molecule has 0 saturated carbocycles. The third kappa shape index (κ3) is 5.11. The molecule has 2 unspecified atom stereocenters. The van der Waals surface area contributed by atoms with Crippen LogP contribution in [-0.2, 0) is 11.2 Å². The fourth-order valence-corrected chi connectivity index (χ4v) is 4.19. The van der Waals surface area contributed by atoms with Gasteiger partial charge in [0.15, 0.2) is 0 Å². The van der Waals surface area contributed by atoms with Crippen molar-refractivity contribution < 1.29 is 14.7 Å². The third-order valence-electron chi connectivity index (χ3n) is 3.46. The zero-order chi connectivity index (χ0) is 17.7. The smallest absolute Gasteiger partial charge is 0.316 e. The number of carbonyl (C=O) groups is 2. The Balaban J connectivity index is 2.05. The molecule has 2 atom stereocenters. The van der Waals surface area contributed by atoms with Gasteiger partial charge in [-0.1, -0.05) is 12.1 Å². The minimum Gasteiger partial charge on any atom is -0.480 e. The van der Waals surface area contributed by atoms with Crippen LogP contribution in [0.5, 0.6) is 0 Å². The monoisotopic (exact) mass is 363 g/mol. The first-order chi connectivity index (χ1) is 11.4. The molecule has 2 N–H and O–H groups in total. The predicted molar refractivity (Wildman–Crippen MR) is 99.1 cm³/mol. The van der Waals surface area contributed by atoms with E-state index in [-0.39, 0.29) is 11.9 Å². The van der Waals surface area contributed by atoms with Gasteiger partial charge < -0.3 is 10.4 Å². The quantitative estimate of drug-likeness (QED) is 0.730. The molecule has 0 fully saturated rings. The van der Waals surface area contributed by atoms with Crippen LogP contribution in [0, 0.1) is 6.92 Å². The van der Waals surface area contributed by atoms with E-state index in [2.05, 4.69) is 24.4 Å². The lowest BCUT2D eigenvalue weighted by Gasteiger charge is -2.15. The Morgan fingerprint density at radius 3 is 2.54 bits per heavy atom. The lowest BCUT2D eigenvalue weighted by Crippen LogP contribution is -2.34. The van der Waals surface area contributed by atoms with Crippen LogP contribution in [0.2, 0.25) is 0 Å². The Morgan fingerprint density at radius 1 is 1.21 bits per heavy atom. The van der Waals surface area contributed by atoms with Crippen molar-refractivity contribution in [3.8, 4) is 0 Å². The van der Waals surface area contributed by atoms with Crippen LogP contribution in [0.15, 0.2) is 41.3 Å². The fraction of sp³-hybridized carbons (Fsp3) is 0.333. The van der Waals surface area contributed by atoms with Gasteiger partial charge >= 0.3 is 5.97 Å². The summed E-state index contributed by atoms with van der Waals surface area (Å²) < 4.78 is 0. The largest absolute Gasteiger partial charge is 0.480 e. The second-order valence-electron chi connectivity index (χ2n) is 5.69. The number of carboxylic acids is 1. The van der Waals surface area contributed by atoms with Crippen LogP contribution in [0.1, 0.15) is 34.0 Å². The van der Waals surface area contributed by atoms with Crippen LogP contribution in [-0.4, -0.2) is 28.3 Å². The lowest BCUT2D eigenvalue weighted by molar-refractivity contribution is -0.136. The van der Waals surface area contributed by atoms with E-state index in [1.54, 1.807) is 36.5 Å². The lowest BCUT2D eigenvalue weighted by atomic mass is 10.1. The van der Waals surface area contributed by atoms with Crippen molar-refractivity contribution >= 4 is 35.0 Å². The van der Waals surface area contributed by atoms with Gasteiger partial charge in [0.1, 0.15) is 5.25 Å². The number of rotatable bonds is 7. The SMILES string of the molecule is Cc1ccc(CC(C)NC(=O)c2ccccc2SC(C)C(=O)O)s1. The van der Waals surface area contributed by atoms with E-state index >= 15 is 0 Å². The fourth-order valence-electron chi connectivity index (χ4n) is 2.25. The number of aliphatic carboxylic acids is 1. The molecule has 1 heterocycles. The first-order valence-corrected chi connectivity index (χ1v) is 9.41. The zero-order valence-electron chi connectivity index (χ0n) is 13.9. The second-order valence-corrected chi connectivity index (χ2v) is 8.44. The summed E-state index contributed by atoms with van der Waals surface area (Å²) in [6.45, 7) is 5.65. The van der Waals surface area contributed by atoms with Crippen molar-refractivity contribution in [2.24, 2.45) is 0 Å². The van der Waals surface area contributed by atoms with E-state index < -0.39 is 11.2 Å². The standard InChI is InChI=1S/C18H21NO3S2/c1-11(10-14-9-8-12(2)23-14)19-17(20)15-6-4-5-7-16(15)24-13(3)18(21)22/h4-9,11,13H,10H2,1-3H3,(H,19,20)(H,21,22). The summed E-state index contributed by atoms with van der Waals surface area (Å²) >= 11 is 2.92. The van der Waals surface area contributed by atoms with E-state index in [9.17, 15) is 9.59 Å². The number of hydrogen-bond acceptors (Lipinski definition) is 4. The van der Waals surface area contributed by atoms with Crippen molar-refractivity contribution in [1.29, 1.82) is 0 Å². The van der Waals surface area contributed by atoms with Gasteiger partial charge in [0, 0.05) is 27.1 Å². The van der Waals surface area contributed by atoms with Crippen LogP contribution >= 0.6 is 23.1 Å². The molecule has 0 spiro atoms. The summed E-state index contributed by atoms with van der Waals surface area (Å²) in [5, 5.41) is 11.5. The number of carboxylic acid groups (broad SMARTS) is 1. The highest BCUT2D eigenvalue weighted by molar-refractivity contribution is 8.00. The second kappa shape index (κ2) is 8.35. The Kier molecular flexibility index (Phi) is 6.45. The molecule has 128 valence electrons. The van der Waals surface area contributed by atoms with E-state index in [0.717, 1.165) is 6.42 Å². The predicted octanol–water partition coefficient (Wildman–Crippen LogP) is 3.98. The molecule has 6 heteroatoms. The van der Waals surface area contributed by atoms with Crippen molar-refractivity contribution in [3.63, 3.8) is 0 Å². The van der Waals surface area contributed by atoms with Gasteiger partial charge in [-0.2, -0.15) is 0 Å². The van der Waals surface area contributed by atoms with Crippen LogP contribution in [0.3, 0.4) is 0 Å². The molecule has 2 rings (SSSR count). The molecule has 0 saturated heterocycles. The van der Waals surface area contributed by atoms with Crippen molar-refractivity contribution in [3.05, 3.63) is 51.7 Å². The van der Waals surface area contributed by atoms with E-state index in [0.29, 0.717) is 10.5 Å². The van der Waals surface area contributed by atoms with E-state index in [1.807, 2.05) is 13.0 Å². The number of benzene rings is 1. The average Bonchev–Trinajstić information content (AvgIpc) is 2.92. The number of aryl methyl sites for hydroxylation is 1. The minimum atomic E-state index is -0.892. The zero-order valence-corrected chi connectivity index (χ0v) is 15.5. The highest BCUT2D eigenvalue weighted by atomic mass is 32.2. The average molecular weight is 364 g/mol. The summed E-state index contributed by atoms with van der Waals surface area (Å²) in [6, 6.07) is 11.3. The Hall–Kier alpha value is -1.79. The molecule has 0 bridgehead atoms. The Morgan fingerprint density at radius 2 is 1.92 bits per heavy atom. The molecule has 1 aromatic heterocycles. The summed E-state index contributed by atoms with van der Waals surface area (Å²) in [4.78, 5) is 26.8. The van der Waals surface area contributed by atoms with Crippen molar-refractivity contribution in [2.45, 2.75) is 43.4 Å². The number of amides is 1.